The summed E-state index contributed by atoms with van der Waals surface area (Å²) in [5.74, 6) is -1.24. The Labute approximate surface area is 189 Å². The molecule has 0 saturated carbocycles. The Hall–Kier alpha value is -3.19. The summed E-state index contributed by atoms with van der Waals surface area (Å²) in [5.41, 5.74) is 1.90. The van der Waals surface area contributed by atoms with Gasteiger partial charge in [0.25, 0.3) is 11.8 Å². The number of hydrogen-bond donors (Lipinski definition) is 2. The van der Waals surface area contributed by atoms with E-state index >= 15 is 0 Å². The van der Waals surface area contributed by atoms with Gasteiger partial charge in [0.05, 0.1) is 13.2 Å². The minimum Gasteiger partial charge on any atom is -0.374 e. The SMILES string of the molecule is CCC(CC)N1C(=O)[C@H](COCc2ccccc2)NC(=O)C1C(=O)NCc1ccccc1. The monoisotopic (exact) mass is 437 g/mol. The first kappa shape index (κ1) is 23.5. The van der Waals surface area contributed by atoms with Crippen molar-refractivity contribution in [3.8, 4) is 0 Å². The van der Waals surface area contributed by atoms with Crippen LogP contribution in [-0.4, -0.2) is 47.4 Å². The zero-order valence-electron chi connectivity index (χ0n) is 18.6. The second-order valence-electron chi connectivity index (χ2n) is 7.88. The van der Waals surface area contributed by atoms with Crippen molar-refractivity contribution >= 4 is 17.7 Å². The smallest absolute Gasteiger partial charge is 0.253 e. The predicted octanol–water partition coefficient (Wildman–Crippen LogP) is 2.40. The van der Waals surface area contributed by atoms with Crippen molar-refractivity contribution in [2.24, 2.45) is 0 Å². The highest BCUT2D eigenvalue weighted by Crippen LogP contribution is 2.20. The molecule has 170 valence electrons. The van der Waals surface area contributed by atoms with Crippen LogP contribution in [-0.2, 0) is 32.3 Å². The van der Waals surface area contributed by atoms with Gasteiger partial charge in [-0.1, -0.05) is 74.5 Å². The third-order valence-electron chi connectivity index (χ3n) is 5.69. The molecule has 2 aromatic carbocycles. The molecule has 2 aromatic rings. The fourth-order valence-corrected chi connectivity index (χ4v) is 3.93. The molecule has 3 rings (SSSR count). The number of benzene rings is 2. The summed E-state index contributed by atoms with van der Waals surface area (Å²) < 4.78 is 5.71. The molecule has 7 nitrogen and oxygen atoms in total. The molecule has 2 atom stereocenters. The average Bonchev–Trinajstić information content (AvgIpc) is 2.82. The lowest BCUT2D eigenvalue weighted by Crippen LogP contribution is -2.70. The van der Waals surface area contributed by atoms with E-state index in [-0.39, 0.29) is 25.1 Å². The molecule has 1 unspecified atom stereocenters. The van der Waals surface area contributed by atoms with E-state index in [4.69, 9.17) is 4.74 Å². The van der Waals surface area contributed by atoms with Crippen molar-refractivity contribution in [2.75, 3.05) is 6.61 Å². The van der Waals surface area contributed by atoms with Gasteiger partial charge in [0.2, 0.25) is 5.91 Å². The van der Waals surface area contributed by atoms with Gasteiger partial charge in [-0.2, -0.15) is 0 Å². The molecule has 3 amide bonds. The molecule has 2 N–H and O–H groups in total. The highest BCUT2D eigenvalue weighted by Gasteiger charge is 2.46. The molecule has 0 aliphatic carbocycles. The van der Waals surface area contributed by atoms with Crippen molar-refractivity contribution in [3.05, 3.63) is 71.8 Å². The third kappa shape index (κ3) is 5.73. The molecule has 0 aromatic heterocycles. The van der Waals surface area contributed by atoms with Gasteiger partial charge in [-0.25, -0.2) is 0 Å². The van der Waals surface area contributed by atoms with Crippen molar-refractivity contribution in [2.45, 2.75) is 58.0 Å². The van der Waals surface area contributed by atoms with Crippen LogP contribution in [0, 0.1) is 0 Å². The molecular formula is C25H31N3O4. The molecule has 1 saturated heterocycles. The Balaban J connectivity index is 1.69. The first-order valence-corrected chi connectivity index (χ1v) is 11.1. The van der Waals surface area contributed by atoms with Crippen molar-refractivity contribution in [1.29, 1.82) is 0 Å². The minimum atomic E-state index is -1.19. The third-order valence-corrected chi connectivity index (χ3v) is 5.69. The first-order chi connectivity index (χ1) is 15.5. The van der Waals surface area contributed by atoms with Gasteiger partial charge >= 0.3 is 0 Å². The van der Waals surface area contributed by atoms with E-state index in [1.54, 1.807) is 0 Å². The summed E-state index contributed by atoms with van der Waals surface area (Å²) in [6, 6.07) is 16.9. The maximum atomic E-state index is 13.3. The Bertz CT molecular complexity index is 900. The van der Waals surface area contributed by atoms with Crippen LogP contribution in [0.3, 0.4) is 0 Å². The van der Waals surface area contributed by atoms with Crippen molar-refractivity contribution < 1.29 is 19.1 Å². The summed E-state index contributed by atoms with van der Waals surface area (Å²) in [4.78, 5) is 40.7. The highest BCUT2D eigenvalue weighted by atomic mass is 16.5. The predicted molar refractivity (Wildman–Crippen MR) is 121 cm³/mol. The number of hydrogen-bond acceptors (Lipinski definition) is 4. The van der Waals surface area contributed by atoms with Gasteiger partial charge in [-0.3, -0.25) is 14.4 Å². The van der Waals surface area contributed by atoms with Crippen LogP contribution in [0.5, 0.6) is 0 Å². The Kier molecular flexibility index (Phi) is 8.39. The van der Waals surface area contributed by atoms with E-state index in [9.17, 15) is 14.4 Å². The number of piperazine rings is 1. The Morgan fingerprint density at radius 2 is 1.59 bits per heavy atom. The second-order valence-corrected chi connectivity index (χ2v) is 7.88. The topological polar surface area (TPSA) is 87.7 Å². The molecule has 1 heterocycles. The van der Waals surface area contributed by atoms with E-state index in [0.717, 1.165) is 11.1 Å². The van der Waals surface area contributed by atoms with Gasteiger partial charge in [-0.05, 0) is 24.0 Å². The van der Waals surface area contributed by atoms with Crippen LogP contribution in [0.15, 0.2) is 60.7 Å². The highest BCUT2D eigenvalue weighted by molar-refractivity contribution is 6.10. The van der Waals surface area contributed by atoms with Gasteiger partial charge in [0, 0.05) is 12.6 Å². The largest absolute Gasteiger partial charge is 0.374 e. The molecular weight excluding hydrogens is 406 g/mol. The fourth-order valence-electron chi connectivity index (χ4n) is 3.93. The molecule has 1 aliphatic heterocycles. The van der Waals surface area contributed by atoms with Crippen LogP contribution in [0.1, 0.15) is 37.8 Å². The molecule has 1 aliphatic rings. The number of carbonyl (C=O) groups is 3. The van der Waals surface area contributed by atoms with E-state index in [0.29, 0.717) is 19.4 Å². The van der Waals surface area contributed by atoms with Crippen molar-refractivity contribution in [1.82, 2.24) is 15.5 Å². The van der Waals surface area contributed by atoms with Gasteiger partial charge in [-0.15, -0.1) is 0 Å². The quantitative estimate of drug-likeness (QED) is 0.559. The Morgan fingerprint density at radius 3 is 2.19 bits per heavy atom. The average molecular weight is 438 g/mol. The molecule has 0 radical (unpaired) electrons. The van der Waals surface area contributed by atoms with Crippen LogP contribution < -0.4 is 10.6 Å². The van der Waals surface area contributed by atoms with Crippen LogP contribution >= 0.6 is 0 Å². The number of rotatable bonds is 10. The van der Waals surface area contributed by atoms with Gasteiger partial charge in [0.15, 0.2) is 6.04 Å². The number of carbonyl (C=O) groups excluding carboxylic acids is 3. The van der Waals surface area contributed by atoms with E-state index in [1.807, 2.05) is 74.5 Å². The number of amides is 3. The normalized spacial score (nSPS) is 18.5. The lowest BCUT2D eigenvalue weighted by Gasteiger charge is -2.42. The first-order valence-electron chi connectivity index (χ1n) is 11.1. The molecule has 0 spiro atoms. The fraction of sp³-hybridized carbons (Fsp3) is 0.400. The maximum Gasteiger partial charge on any atom is 0.253 e. The zero-order chi connectivity index (χ0) is 22.9. The Morgan fingerprint density at radius 1 is 1.00 bits per heavy atom. The lowest BCUT2D eigenvalue weighted by molar-refractivity contribution is -0.159. The van der Waals surface area contributed by atoms with Gasteiger partial charge < -0.3 is 20.3 Å². The number of nitrogens with zero attached hydrogens (tertiary/aromatic N) is 1. The zero-order valence-corrected chi connectivity index (χ0v) is 18.6. The lowest BCUT2D eigenvalue weighted by atomic mass is 10.00. The van der Waals surface area contributed by atoms with E-state index in [1.165, 1.54) is 4.90 Å². The number of ether oxygens (including phenoxy) is 1. The minimum absolute atomic E-state index is 0.0501. The summed E-state index contributed by atoms with van der Waals surface area (Å²) in [7, 11) is 0. The molecule has 1 fully saturated rings. The van der Waals surface area contributed by atoms with Crippen LogP contribution in [0.25, 0.3) is 0 Å². The summed E-state index contributed by atoms with van der Waals surface area (Å²) >= 11 is 0. The van der Waals surface area contributed by atoms with Crippen LogP contribution in [0.4, 0.5) is 0 Å². The molecule has 0 bridgehead atoms. The van der Waals surface area contributed by atoms with Crippen LogP contribution in [0.2, 0.25) is 0 Å². The van der Waals surface area contributed by atoms with Crippen molar-refractivity contribution in [3.63, 3.8) is 0 Å². The second kappa shape index (κ2) is 11.4. The summed E-state index contributed by atoms with van der Waals surface area (Å²) in [6.45, 7) is 4.58. The van der Waals surface area contributed by atoms with Gasteiger partial charge in [0.1, 0.15) is 6.04 Å². The molecule has 7 heteroatoms. The molecule has 32 heavy (non-hydrogen) atoms. The summed E-state index contributed by atoms with van der Waals surface area (Å²) in [5, 5.41) is 5.51. The van der Waals surface area contributed by atoms with E-state index < -0.39 is 23.9 Å². The van der Waals surface area contributed by atoms with E-state index in [2.05, 4.69) is 10.6 Å². The number of nitrogens with one attached hydrogen (secondary N) is 2. The maximum absolute atomic E-state index is 13.3. The standard InChI is InChI=1S/C25H31N3O4/c1-3-20(4-2)28-22(23(29)26-15-18-11-7-5-8-12-18)24(30)27-21(25(28)31)17-32-16-19-13-9-6-10-14-19/h5-14,20-22H,3-4,15-17H2,1-2H3,(H,26,29)(H,27,30)/t21-,22?/m0/s1. The summed E-state index contributed by atoms with van der Waals surface area (Å²) in [6.07, 6.45) is 1.30.